The molecule has 4 aromatic carbocycles. The van der Waals surface area contributed by atoms with Gasteiger partial charge in [-0.15, -0.1) is 0 Å². The predicted molar refractivity (Wildman–Crippen MR) is 183 cm³/mol. The lowest BCUT2D eigenvalue weighted by Crippen LogP contribution is -2.02. The molecular weight excluding hydrogens is 585 g/mol. The molecule has 0 aliphatic rings. The molecule has 0 saturated heterocycles. The number of aromatic nitrogens is 7. The van der Waals surface area contributed by atoms with Crippen molar-refractivity contribution in [1.82, 2.24) is 34.9 Å². The maximum Gasteiger partial charge on any atom is 0.182 e. The molecule has 8 heteroatoms. The zero-order valence-electron chi connectivity index (χ0n) is 24.7. The molecule has 0 N–H and O–H groups in total. The van der Waals surface area contributed by atoms with Gasteiger partial charge < -0.3 is 0 Å². The molecule has 9 rings (SSSR count). The molecule has 5 aromatic heterocycles. The van der Waals surface area contributed by atoms with Crippen molar-refractivity contribution in [3.05, 3.63) is 140 Å². The molecule has 0 fully saturated rings. The van der Waals surface area contributed by atoms with Gasteiger partial charge in [-0.2, -0.15) is 0 Å². The Kier molecular flexibility index (Phi) is 6.17. The molecule has 7 nitrogen and oxygen atoms in total. The van der Waals surface area contributed by atoms with E-state index in [2.05, 4.69) is 9.97 Å². The summed E-state index contributed by atoms with van der Waals surface area (Å²) in [5, 5.41) is 3.95. The van der Waals surface area contributed by atoms with Crippen LogP contribution in [-0.4, -0.2) is 34.9 Å². The highest BCUT2D eigenvalue weighted by Gasteiger charge is 2.16. The van der Waals surface area contributed by atoms with Gasteiger partial charge in [0.1, 0.15) is 17.2 Å². The van der Waals surface area contributed by atoms with Crippen LogP contribution in [0.3, 0.4) is 0 Å². The van der Waals surface area contributed by atoms with Gasteiger partial charge in [-0.1, -0.05) is 84.9 Å². The third-order valence-corrected chi connectivity index (χ3v) is 8.28. The number of fused-ring (bicyclic) bond motifs is 6. The van der Waals surface area contributed by atoms with Crippen LogP contribution in [0.1, 0.15) is 0 Å². The molecule has 0 saturated carbocycles. The summed E-state index contributed by atoms with van der Waals surface area (Å²) in [6.07, 6.45) is 3.55. The van der Waals surface area contributed by atoms with Crippen molar-refractivity contribution in [2.75, 3.05) is 0 Å². The summed E-state index contributed by atoms with van der Waals surface area (Å²) in [4.78, 5) is 34.0. The highest BCUT2D eigenvalue weighted by atomic mass is 19.1. The van der Waals surface area contributed by atoms with Crippen molar-refractivity contribution in [3.63, 3.8) is 0 Å². The molecule has 9 aromatic rings. The standard InChI is InChI=1S/C39H22FN7/c40-30-17-13-24(14-18-30)23-5-11-29(12-6-23)37-45-38(31-19-15-27-9-7-25-3-1-21-41-33(25)35(27)43-31)47-39(46-37)32-20-16-28-10-8-26-4-2-22-42-34(26)36(28)44-32/h1-22H. The second-order valence-electron chi connectivity index (χ2n) is 11.2. The third kappa shape index (κ3) is 4.80. The number of halogens is 1. The third-order valence-electron chi connectivity index (χ3n) is 8.28. The van der Waals surface area contributed by atoms with E-state index in [9.17, 15) is 4.39 Å². The summed E-state index contributed by atoms with van der Waals surface area (Å²) in [5.41, 5.74) is 7.02. The average molecular weight is 608 g/mol. The number of rotatable bonds is 4. The Labute approximate surface area is 267 Å². The van der Waals surface area contributed by atoms with Crippen LogP contribution in [0.4, 0.5) is 4.39 Å². The number of nitrogens with zero attached hydrogens (tertiary/aromatic N) is 7. The second-order valence-corrected chi connectivity index (χ2v) is 11.2. The lowest BCUT2D eigenvalue weighted by Gasteiger charge is -2.10. The monoisotopic (exact) mass is 607 g/mol. The van der Waals surface area contributed by atoms with Crippen LogP contribution >= 0.6 is 0 Å². The minimum Gasteiger partial charge on any atom is -0.254 e. The molecule has 0 unspecified atom stereocenters. The Hall–Kier alpha value is -6.54. The maximum absolute atomic E-state index is 13.5. The summed E-state index contributed by atoms with van der Waals surface area (Å²) in [5.74, 6) is 1.04. The van der Waals surface area contributed by atoms with Crippen molar-refractivity contribution < 1.29 is 4.39 Å². The second kappa shape index (κ2) is 10.8. The van der Waals surface area contributed by atoms with Gasteiger partial charge in [-0.05, 0) is 47.5 Å². The van der Waals surface area contributed by atoms with Gasteiger partial charge in [-0.25, -0.2) is 29.3 Å². The van der Waals surface area contributed by atoms with Gasteiger partial charge in [-0.3, -0.25) is 9.97 Å². The fraction of sp³-hybridized carbons (Fsp3) is 0. The zero-order valence-corrected chi connectivity index (χ0v) is 24.7. The summed E-state index contributed by atoms with van der Waals surface area (Å²) >= 11 is 0. The first-order valence-corrected chi connectivity index (χ1v) is 15.1. The zero-order chi connectivity index (χ0) is 31.3. The summed E-state index contributed by atoms with van der Waals surface area (Å²) < 4.78 is 13.5. The number of pyridine rings is 4. The van der Waals surface area contributed by atoms with E-state index in [1.807, 2.05) is 97.1 Å². The highest BCUT2D eigenvalue weighted by molar-refractivity contribution is 6.04. The largest absolute Gasteiger partial charge is 0.254 e. The van der Waals surface area contributed by atoms with Gasteiger partial charge >= 0.3 is 0 Å². The minimum absolute atomic E-state index is 0.271. The van der Waals surface area contributed by atoms with Crippen LogP contribution in [0, 0.1) is 5.82 Å². The normalized spacial score (nSPS) is 11.5. The Morgan fingerprint density at radius 3 is 1.26 bits per heavy atom. The lowest BCUT2D eigenvalue weighted by atomic mass is 10.0. The maximum atomic E-state index is 13.5. The molecule has 0 atom stereocenters. The van der Waals surface area contributed by atoms with Crippen LogP contribution in [0.25, 0.3) is 89.2 Å². The van der Waals surface area contributed by atoms with Crippen molar-refractivity contribution in [3.8, 4) is 45.6 Å². The molecule has 5 heterocycles. The Morgan fingerprint density at radius 1 is 0.340 bits per heavy atom. The Bertz CT molecular complexity index is 2500. The first-order valence-electron chi connectivity index (χ1n) is 15.1. The lowest BCUT2D eigenvalue weighted by molar-refractivity contribution is 0.628. The molecule has 0 aliphatic carbocycles. The molecule has 220 valence electrons. The number of benzene rings is 4. The summed E-state index contributed by atoms with van der Waals surface area (Å²) in [7, 11) is 0. The highest BCUT2D eigenvalue weighted by Crippen LogP contribution is 2.30. The van der Waals surface area contributed by atoms with Crippen molar-refractivity contribution in [2.45, 2.75) is 0 Å². The fourth-order valence-electron chi connectivity index (χ4n) is 5.88. The van der Waals surface area contributed by atoms with Crippen LogP contribution in [-0.2, 0) is 0 Å². The summed E-state index contributed by atoms with van der Waals surface area (Å²) in [6, 6.07) is 38.2. The van der Waals surface area contributed by atoms with Crippen molar-refractivity contribution in [1.29, 1.82) is 0 Å². The number of hydrogen-bond acceptors (Lipinski definition) is 7. The smallest absolute Gasteiger partial charge is 0.182 e. The molecule has 0 aliphatic heterocycles. The number of hydrogen-bond donors (Lipinski definition) is 0. The van der Waals surface area contributed by atoms with Crippen LogP contribution in [0.2, 0.25) is 0 Å². The van der Waals surface area contributed by atoms with Gasteiger partial charge in [0.2, 0.25) is 0 Å². The summed E-state index contributed by atoms with van der Waals surface area (Å²) in [6.45, 7) is 0. The van der Waals surface area contributed by atoms with Gasteiger partial charge in [0.05, 0.1) is 22.1 Å². The molecule has 0 spiro atoms. The average Bonchev–Trinajstić information content (AvgIpc) is 3.14. The predicted octanol–water partition coefficient (Wildman–Crippen LogP) is 8.87. The molecule has 0 radical (unpaired) electrons. The fourth-order valence-corrected chi connectivity index (χ4v) is 5.88. The topological polar surface area (TPSA) is 90.2 Å². The minimum atomic E-state index is -0.271. The SMILES string of the molecule is Fc1ccc(-c2ccc(-c3nc(-c4ccc5ccc6cccnc6c5n4)nc(-c4ccc5ccc6cccnc6c5n4)n3)cc2)cc1. The van der Waals surface area contributed by atoms with Gasteiger partial charge in [0.15, 0.2) is 17.5 Å². The van der Waals surface area contributed by atoms with Crippen molar-refractivity contribution >= 4 is 43.6 Å². The first kappa shape index (κ1) is 26.8. The van der Waals surface area contributed by atoms with Gasteiger partial charge in [0, 0.05) is 39.5 Å². The van der Waals surface area contributed by atoms with E-state index in [1.165, 1.54) is 12.1 Å². The van der Waals surface area contributed by atoms with E-state index in [0.29, 0.717) is 28.9 Å². The molecular formula is C39H22FN7. The van der Waals surface area contributed by atoms with E-state index in [1.54, 1.807) is 24.5 Å². The van der Waals surface area contributed by atoms with Crippen LogP contribution in [0.5, 0.6) is 0 Å². The first-order chi connectivity index (χ1) is 23.2. The van der Waals surface area contributed by atoms with Gasteiger partial charge in [0.25, 0.3) is 0 Å². The van der Waals surface area contributed by atoms with Crippen LogP contribution in [0.15, 0.2) is 134 Å². The van der Waals surface area contributed by atoms with Crippen LogP contribution < -0.4 is 0 Å². The molecule has 0 bridgehead atoms. The Balaban J connectivity index is 1.23. The molecule has 0 amide bonds. The Morgan fingerprint density at radius 2 is 0.745 bits per heavy atom. The quantitative estimate of drug-likeness (QED) is 0.185. The van der Waals surface area contributed by atoms with E-state index < -0.39 is 0 Å². The van der Waals surface area contributed by atoms with Crippen molar-refractivity contribution in [2.24, 2.45) is 0 Å². The van der Waals surface area contributed by atoms with E-state index >= 15 is 0 Å². The molecule has 47 heavy (non-hydrogen) atoms. The van der Waals surface area contributed by atoms with E-state index in [0.717, 1.165) is 60.3 Å². The van der Waals surface area contributed by atoms with E-state index in [-0.39, 0.29) is 5.82 Å². The van der Waals surface area contributed by atoms with E-state index in [4.69, 9.17) is 24.9 Å².